The van der Waals surface area contributed by atoms with E-state index in [1.807, 2.05) is 64.2 Å². The van der Waals surface area contributed by atoms with Gasteiger partial charge in [0.1, 0.15) is 5.76 Å². The van der Waals surface area contributed by atoms with Crippen molar-refractivity contribution in [3.05, 3.63) is 65.0 Å². The molecule has 7 heteroatoms. The Bertz CT molecular complexity index is 1160. The van der Waals surface area contributed by atoms with E-state index in [9.17, 15) is 4.79 Å². The third-order valence-corrected chi connectivity index (χ3v) is 4.76. The number of oxazole rings is 1. The number of hydrogen-bond acceptors (Lipinski definition) is 5. The summed E-state index contributed by atoms with van der Waals surface area (Å²) in [6.45, 7) is 5.83. The van der Waals surface area contributed by atoms with Crippen LogP contribution >= 0.6 is 0 Å². The number of hydrogen-bond donors (Lipinski definition) is 1. The molecule has 142 valence electrons. The van der Waals surface area contributed by atoms with Crippen LogP contribution in [0.15, 0.2) is 40.8 Å². The monoisotopic (exact) mass is 375 g/mol. The zero-order valence-corrected chi connectivity index (χ0v) is 16.3. The lowest BCUT2D eigenvalue weighted by atomic mass is 10.0. The van der Waals surface area contributed by atoms with Crippen LogP contribution in [0.5, 0.6) is 0 Å². The normalized spacial score (nSPS) is 11.1. The predicted octanol–water partition coefficient (Wildman–Crippen LogP) is 3.48. The minimum absolute atomic E-state index is 0.214. The number of carbonyl (C=O) groups excluding carboxylic acids is 1. The van der Waals surface area contributed by atoms with Crippen molar-refractivity contribution in [2.75, 3.05) is 0 Å². The van der Waals surface area contributed by atoms with E-state index in [-0.39, 0.29) is 12.5 Å². The molecule has 0 aliphatic rings. The van der Waals surface area contributed by atoms with Gasteiger partial charge in [-0.05, 0) is 26.8 Å². The van der Waals surface area contributed by atoms with E-state index in [1.54, 1.807) is 4.68 Å². The first-order valence-corrected chi connectivity index (χ1v) is 9.05. The van der Waals surface area contributed by atoms with Gasteiger partial charge in [-0.15, -0.1) is 0 Å². The molecule has 0 saturated carbocycles. The summed E-state index contributed by atoms with van der Waals surface area (Å²) in [6, 6.07) is 11.6. The van der Waals surface area contributed by atoms with Crippen molar-refractivity contribution in [3.8, 4) is 11.3 Å². The molecule has 7 nitrogen and oxygen atoms in total. The fourth-order valence-electron chi connectivity index (χ4n) is 3.25. The molecule has 0 unspecified atom stereocenters. The zero-order chi connectivity index (χ0) is 19.8. The second-order valence-electron chi connectivity index (χ2n) is 6.76. The molecule has 1 aromatic carbocycles. The SMILES string of the molecule is Cc1nc(CNC(=O)c2cc(-c3ccccc3)nc3c2c(C)nn3C)oc1C. The number of nitrogens with one attached hydrogen (secondary N) is 1. The molecule has 3 aromatic heterocycles. The second-order valence-corrected chi connectivity index (χ2v) is 6.76. The van der Waals surface area contributed by atoms with Gasteiger partial charge in [-0.1, -0.05) is 30.3 Å². The molecule has 0 aliphatic heterocycles. The molecule has 4 rings (SSSR count). The summed E-state index contributed by atoms with van der Waals surface area (Å²) in [4.78, 5) is 22.1. The maximum atomic E-state index is 13.0. The highest BCUT2D eigenvalue weighted by Gasteiger charge is 2.19. The van der Waals surface area contributed by atoms with Crippen molar-refractivity contribution in [1.29, 1.82) is 0 Å². The predicted molar refractivity (Wildman–Crippen MR) is 106 cm³/mol. The summed E-state index contributed by atoms with van der Waals surface area (Å²) in [6.07, 6.45) is 0. The summed E-state index contributed by atoms with van der Waals surface area (Å²) in [5, 5.41) is 8.10. The van der Waals surface area contributed by atoms with Gasteiger partial charge in [-0.2, -0.15) is 5.10 Å². The largest absolute Gasteiger partial charge is 0.444 e. The van der Waals surface area contributed by atoms with E-state index >= 15 is 0 Å². The number of carbonyl (C=O) groups is 1. The Kier molecular flexibility index (Phi) is 4.43. The molecule has 4 aromatic rings. The van der Waals surface area contributed by atoms with Gasteiger partial charge in [-0.25, -0.2) is 9.97 Å². The minimum atomic E-state index is -0.214. The van der Waals surface area contributed by atoms with Crippen LogP contribution in [-0.4, -0.2) is 25.7 Å². The van der Waals surface area contributed by atoms with Crippen molar-refractivity contribution in [2.45, 2.75) is 27.3 Å². The fraction of sp³-hybridized carbons (Fsp3) is 0.238. The van der Waals surface area contributed by atoms with Gasteiger partial charge in [0.25, 0.3) is 5.91 Å². The third kappa shape index (κ3) is 3.15. The number of pyridine rings is 1. The molecule has 3 heterocycles. The summed E-state index contributed by atoms with van der Waals surface area (Å²) >= 11 is 0. The van der Waals surface area contributed by atoms with Gasteiger partial charge in [-0.3, -0.25) is 9.48 Å². The minimum Gasteiger partial charge on any atom is -0.444 e. The lowest BCUT2D eigenvalue weighted by molar-refractivity contribution is 0.0948. The van der Waals surface area contributed by atoms with Crippen LogP contribution in [0.3, 0.4) is 0 Å². The zero-order valence-electron chi connectivity index (χ0n) is 16.3. The second kappa shape index (κ2) is 6.92. The van der Waals surface area contributed by atoms with E-state index in [0.717, 1.165) is 33.8 Å². The standard InChI is InChI=1S/C21H21N5O2/c1-12-14(3)28-18(23-12)11-22-21(27)16-10-17(15-8-6-5-7-9-15)24-20-19(16)13(2)25-26(20)4/h5-10H,11H2,1-4H3,(H,22,27). The summed E-state index contributed by atoms with van der Waals surface area (Å²) in [7, 11) is 1.83. The van der Waals surface area contributed by atoms with Crippen LogP contribution in [0.2, 0.25) is 0 Å². The smallest absolute Gasteiger partial charge is 0.252 e. The number of aromatic nitrogens is 4. The topological polar surface area (TPSA) is 85.8 Å². The molecule has 0 spiro atoms. The number of nitrogens with zero attached hydrogens (tertiary/aromatic N) is 4. The number of rotatable bonds is 4. The fourth-order valence-corrected chi connectivity index (χ4v) is 3.25. The van der Waals surface area contributed by atoms with E-state index in [4.69, 9.17) is 9.40 Å². The van der Waals surface area contributed by atoms with Crippen LogP contribution in [0, 0.1) is 20.8 Å². The highest BCUT2D eigenvalue weighted by Crippen LogP contribution is 2.26. The van der Waals surface area contributed by atoms with Crippen LogP contribution in [0.25, 0.3) is 22.3 Å². The molecule has 0 radical (unpaired) electrons. The highest BCUT2D eigenvalue weighted by atomic mass is 16.4. The van der Waals surface area contributed by atoms with Gasteiger partial charge >= 0.3 is 0 Å². The number of benzene rings is 1. The molecular weight excluding hydrogens is 354 g/mol. The first-order chi connectivity index (χ1) is 13.4. The lowest BCUT2D eigenvalue weighted by Gasteiger charge is -2.08. The molecule has 1 N–H and O–H groups in total. The van der Waals surface area contributed by atoms with Gasteiger partial charge in [0.2, 0.25) is 5.89 Å². The van der Waals surface area contributed by atoms with Crippen LogP contribution < -0.4 is 5.32 Å². The Labute approximate surface area is 162 Å². The third-order valence-electron chi connectivity index (χ3n) is 4.76. The van der Waals surface area contributed by atoms with Crippen LogP contribution in [-0.2, 0) is 13.6 Å². The average Bonchev–Trinajstić information content (AvgIpc) is 3.17. The van der Waals surface area contributed by atoms with E-state index in [2.05, 4.69) is 15.4 Å². The van der Waals surface area contributed by atoms with Gasteiger partial charge in [0.05, 0.1) is 34.6 Å². The van der Waals surface area contributed by atoms with Gasteiger partial charge < -0.3 is 9.73 Å². The molecule has 0 atom stereocenters. The Balaban J connectivity index is 1.74. The van der Waals surface area contributed by atoms with Gasteiger partial charge in [0.15, 0.2) is 5.65 Å². The highest BCUT2D eigenvalue weighted by molar-refractivity contribution is 6.07. The molecule has 0 aliphatic carbocycles. The Morgan fingerprint density at radius 2 is 1.86 bits per heavy atom. The van der Waals surface area contributed by atoms with E-state index in [0.29, 0.717) is 17.1 Å². The van der Waals surface area contributed by atoms with Crippen molar-refractivity contribution in [3.63, 3.8) is 0 Å². The van der Waals surface area contributed by atoms with Crippen molar-refractivity contribution in [2.24, 2.45) is 7.05 Å². The van der Waals surface area contributed by atoms with Crippen molar-refractivity contribution < 1.29 is 9.21 Å². The quantitative estimate of drug-likeness (QED) is 0.590. The molecule has 0 saturated heterocycles. The Morgan fingerprint density at radius 1 is 1.11 bits per heavy atom. The number of fused-ring (bicyclic) bond motifs is 1. The summed E-state index contributed by atoms with van der Waals surface area (Å²) < 4.78 is 7.26. The van der Waals surface area contributed by atoms with Crippen LogP contribution in [0.4, 0.5) is 0 Å². The van der Waals surface area contributed by atoms with Crippen LogP contribution in [0.1, 0.15) is 33.4 Å². The Hall–Kier alpha value is -3.48. The summed E-state index contributed by atoms with van der Waals surface area (Å²) in [5.41, 5.74) is 4.46. The summed E-state index contributed by atoms with van der Waals surface area (Å²) in [5.74, 6) is 1.03. The van der Waals surface area contributed by atoms with Crippen molar-refractivity contribution in [1.82, 2.24) is 25.1 Å². The maximum absolute atomic E-state index is 13.0. The molecule has 0 bridgehead atoms. The van der Waals surface area contributed by atoms with Gasteiger partial charge in [0, 0.05) is 12.6 Å². The Morgan fingerprint density at radius 3 is 2.54 bits per heavy atom. The molecular formula is C21H21N5O2. The first-order valence-electron chi connectivity index (χ1n) is 9.05. The van der Waals surface area contributed by atoms with Crippen molar-refractivity contribution >= 4 is 16.9 Å². The molecule has 0 fully saturated rings. The molecule has 28 heavy (non-hydrogen) atoms. The average molecular weight is 375 g/mol. The maximum Gasteiger partial charge on any atom is 0.252 e. The lowest BCUT2D eigenvalue weighted by Crippen LogP contribution is -2.23. The number of amides is 1. The van der Waals surface area contributed by atoms with E-state index in [1.165, 1.54) is 0 Å². The first kappa shape index (κ1) is 17.9. The molecule has 1 amide bonds. The number of aryl methyl sites for hydroxylation is 4. The van der Waals surface area contributed by atoms with E-state index < -0.39 is 0 Å².